The summed E-state index contributed by atoms with van der Waals surface area (Å²) in [5.74, 6) is 0.0943. The van der Waals surface area contributed by atoms with Gasteiger partial charge in [-0.1, -0.05) is 85.0 Å². The molecule has 51 heavy (non-hydrogen) atoms. The number of rotatable bonds is 17. The largest absolute Gasteiger partial charge is 0.508 e. The van der Waals surface area contributed by atoms with Crippen molar-refractivity contribution in [3.05, 3.63) is 52.1 Å². The average Bonchev–Trinajstić information content (AvgIpc) is 3.08. The maximum absolute atomic E-state index is 12.4. The second-order valence-electron chi connectivity index (χ2n) is 14.7. The predicted molar refractivity (Wildman–Crippen MR) is 198 cm³/mol. The molecule has 1 aliphatic heterocycles. The summed E-state index contributed by atoms with van der Waals surface area (Å²) in [6, 6.07) is 8.28. The molecule has 1 N–H and O–H groups in total. The summed E-state index contributed by atoms with van der Waals surface area (Å²) >= 11 is 0. The van der Waals surface area contributed by atoms with E-state index in [4.69, 9.17) is 18.9 Å². The minimum absolute atomic E-state index is 0.0178. The van der Waals surface area contributed by atoms with E-state index in [1.54, 1.807) is 18.2 Å². The van der Waals surface area contributed by atoms with Crippen LogP contribution in [-0.2, 0) is 35.2 Å². The van der Waals surface area contributed by atoms with E-state index in [-0.39, 0.29) is 27.4 Å². The van der Waals surface area contributed by atoms with E-state index in [2.05, 4.69) is 31.0 Å². The molecular weight excluding hydrogens is 674 g/mol. The number of nitro groups is 1. The Morgan fingerprint density at radius 2 is 1.33 bits per heavy atom. The molecule has 0 aliphatic carbocycles. The van der Waals surface area contributed by atoms with Crippen molar-refractivity contribution in [1.29, 1.82) is 0 Å². The lowest BCUT2D eigenvalue weighted by atomic mass is 9.78. The van der Waals surface area contributed by atoms with Crippen LogP contribution in [0.5, 0.6) is 5.75 Å². The van der Waals surface area contributed by atoms with Crippen molar-refractivity contribution in [3.63, 3.8) is 0 Å². The molecule has 0 bridgehead atoms. The molecule has 0 saturated carbocycles. The van der Waals surface area contributed by atoms with Crippen LogP contribution in [-0.4, -0.2) is 77.6 Å². The molecule has 0 unspecified atom stereocenters. The molecule has 1 fully saturated rings. The third-order valence-electron chi connectivity index (χ3n) is 9.06. The van der Waals surface area contributed by atoms with E-state index in [0.717, 1.165) is 31.6 Å². The molecular formula is C38H59N3O9S. The first-order chi connectivity index (χ1) is 24.3. The zero-order valence-electron chi connectivity index (χ0n) is 31.1. The molecule has 0 radical (unpaired) electrons. The lowest BCUT2D eigenvalue weighted by Gasteiger charge is -2.34. The first kappa shape index (κ1) is 42.4. The van der Waals surface area contributed by atoms with E-state index >= 15 is 0 Å². The number of benzene rings is 2. The topological polar surface area (TPSA) is 159 Å². The number of phenolic OH excluding ortho intramolecular Hbond substituents is 1. The highest BCUT2D eigenvalue weighted by atomic mass is 32.2. The molecule has 3 rings (SSSR count). The van der Waals surface area contributed by atoms with Gasteiger partial charge in [-0.25, -0.2) is 8.42 Å². The molecule has 0 atom stereocenters. The quantitative estimate of drug-likeness (QED) is 0.0724. The Balaban J connectivity index is 1.81. The van der Waals surface area contributed by atoms with Gasteiger partial charge in [-0.05, 0) is 42.7 Å². The lowest BCUT2D eigenvalue weighted by molar-refractivity contribution is -0.385. The van der Waals surface area contributed by atoms with Crippen LogP contribution < -0.4 is 0 Å². The molecule has 1 heterocycles. The van der Waals surface area contributed by atoms with E-state index in [1.807, 2.05) is 0 Å². The van der Waals surface area contributed by atoms with Gasteiger partial charge in [0, 0.05) is 29.2 Å². The van der Waals surface area contributed by atoms with Gasteiger partial charge in [0.25, 0.3) is 5.69 Å². The number of aromatic hydroxyl groups is 1. The second kappa shape index (κ2) is 21.5. The summed E-state index contributed by atoms with van der Waals surface area (Å²) in [7, 11) is -3.83. The molecule has 0 spiro atoms. The summed E-state index contributed by atoms with van der Waals surface area (Å²) in [5.41, 5.74) is 0.0709. The first-order valence-corrected chi connectivity index (χ1v) is 20.3. The number of nitro benzene ring substituents is 1. The highest BCUT2D eigenvalue weighted by Gasteiger charge is 2.33. The number of unbranched alkanes of at least 4 members (excludes halogenated alkanes) is 9. The number of phenols is 1. The SMILES string of the molecule is CCCCCCCCCCCCC1(Cc2cc(N=Nc3ccc([N+](=O)[O-])cc3S(C)(=O)=O)ccc2O)COCCOCC(C)(C)COCCOC1. The Labute approximate surface area is 304 Å². The Hall–Kier alpha value is -2.97. The van der Waals surface area contributed by atoms with Crippen molar-refractivity contribution in [2.45, 2.75) is 103 Å². The molecule has 1 saturated heterocycles. The van der Waals surface area contributed by atoms with Crippen molar-refractivity contribution in [1.82, 2.24) is 0 Å². The summed E-state index contributed by atoms with van der Waals surface area (Å²) in [6.45, 7) is 10.1. The molecule has 0 aromatic heterocycles. The third-order valence-corrected chi connectivity index (χ3v) is 10.2. The van der Waals surface area contributed by atoms with Crippen LogP contribution in [0.2, 0.25) is 0 Å². The number of azo groups is 1. The van der Waals surface area contributed by atoms with Crippen molar-refractivity contribution in [2.75, 3.05) is 59.1 Å². The van der Waals surface area contributed by atoms with E-state index in [0.29, 0.717) is 70.5 Å². The Morgan fingerprint density at radius 1 is 0.784 bits per heavy atom. The van der Waals surface area contributed by atoms with Gasteiger partial charge in [-0.3, -0.25) is 10.1 Å². The van der Waals surface area contributed by atoms with Crippen LogP contribution >= 0.6 is 0 Å². The van der Waals surface area contributed by atoms with Crippen molar-refractivity contribution < 1.29 is 37.4 Å². The van der Waals surface area contributed by atoms with Gasteiger partial charge in [-0.2, -0.15) is 5.11 Å². The Bertz CT molecular complexity index is 1480. The van der Waals surface area contributed by atoms with Crippen LogP contribution in [0.3, 0.4) is 0 Å². The zero-order valence-corrected chi connectivity index (χ0v) is 31.9. The number of non-ortho nitro benzene ring substituents is 1. The molecule has 1 aliphatic rings. The number of ether oxygens (including phenoxy) is 4. The van der Waals surface area contributed by atoms with E-state index in [1.165, 1.54) is 63.5 Å². The molecule has 286 valence electrons. The van der Waals surface area contributed by atoms with Crippen LogP contribution in [0.1, 0.15) is 97.0 Å². The highest BCUT2D eigenvalue weighted by Crippen LogP contribution is 2.37. The minimum atomic E-state index is -3.83. The van der Waals surface area contributed by atoms with Crippen LogP contribution in [0.4, 0.5) is 17.1 Å². The van der Waals surface area contributed by atoms with Crippen molar-refractivity contribution in [3.8, 4) is 5.75 Å². The monoisotopic (exact) mass is 733 g/mol. The summed E-state index contributed by atoms with van der Waals surface area (Å²) < 4.78 is 49.2. The van der Waals surface area contributed by atoms with Gasteiger partial charge in [0.1, 0.15) is 16.3 Å². The van der Waals surface area contributed by atoms with Gasteiger partial charge < -0.3 is 24.1 Å². The van der Waals surface area contributed by atoms with Gasteiger partial charge in [-0.15, -0.1) is 5.11 Å². The fraction of sp³-hybridized carbons (Fsp3) is 0.684. The maximum Gasteiger partial charge on any atom is 0.270 e. The van der Waals surface area contributed by atoms with Crippen LogP contribution in [0.15, 0.2) is 51.5 Å². The van der Waals surface area contributed by atoms with E-state index < -0.39 is 20.2 Å². The Morgan fingerprint density at radius 3 is 1.88 bits per heavy atom. The first-order valence-electron chi connectivity index (χ1n) is 18.4. The zero-order chi connectivity index (χ0) is 37.2. The molecule has 2 aromatic carbocycles. The summed E-state index contributed by atoms with van der Waals surface area (Å²) in [5, 5.41) is 30.7. The van der Waals surface area contributed by atoms with Crippen LogP contribution in [0.25, 0.3) is 0 Å². The molecule has 0 amide bonds. The van der Waals surface area contributed by atoms with Gasteiger partial charge in [0.2, 0.25) is 0 Å². The van der Waals surface area contributed by atoms with Gasteiger partial charge in [0.15, 0.2) is 9.84 Å². The maximum atomic E-state index is 12.4. The highest BCUT2D eigenvalue weighted by molar-refractivity contribution is 7.90. The fourth-order valence-corrected chi connectivity index (χ4v) is 7.03. The van der Waals surface area contributed by atoms with Gasteiger partial charge >= 0.3 is 0 Å². The standard InChI is InChI=1S/C38H59N3O9S/c1-5-6-7-8-9-10-11-12-13-14-19-38(29-49-22-20-47-27-37(2,3)28-48-21-23-50-30-38)26-31-24-32(15-18-35(31)42)39-40-34-17-16-33(41(43)44)25-36(34)51(4,45)46/h15-18,24-25,42H,5-14,19-23,26-30H2,1-4H3. The normalized spacial score (nSPS) is 17.6. The fourth-order valence-electron chi connectivity index (χ4n) is 6.20. The van der Waals surface area contributed by atoms with Crippen LogP contribution in [0, 0.1) is 20.9 Å². The predicted octanol–water partition coefficient (Wildman–Crippen LogP) is 9.07. The summed E-state index contributed by atoms with van der Waals surface area (Å²) in [6.07, 6.45) is 14.5. The number of hydrogen-bond acceptors (Lipinski definition) is 11. The van der Waals surface area contributed by atoms with Crippen molar-refractivity contribution >= 4 is 26.9 Å². The second-order valence-corrected chi connectivity index (χ2v) is 16.7. The summed E-state index contributed by atoms with van der Waals surface area (Å²) in [4.78, 5) is 10.3. The Kier molecular flexibility index (Phi) is 17.9. The number of sulfone groups is 1. The van der Waals surface area contributed by atoms with Gasteiger partial charge in [0.05, 0.1) is 63.5 Å². The van der Waals surface area contributed by atoms with Crippen molar-refractivity contribution in [2.24, 2.45) is 21.1 Å². The number of hydrogen-bond donors (Lipinski definition) is 1. The molecule has 13 heteroatoms. The van der Waals surface area contributed by atoms with E-state index in [9.17, 15) is 23.6 Å². The average molecular weight is 734 g/mol. The lowest BCUT2D eigenvalue weighted by Crippen LogP contribution is -2.36. The molecule has 2 aromatic rings. The minimum Gasteiger partial charge on any atom is -0.508 e. The third kappa shape index (κ3) is 15.7. The number of nitrogens with zero attached hydrogens (tertiary/aromatic N) is 3. The smallest absolute Gasteiger partial charge is 0.270 e. The molecule has 12 nitrogen and oxygen atoms in total.